The van der Waals surface area contributed by atoms with Crippen molar-refractivity contribution in [3.05, 3.63) is 29.1 Å². The molecule has 1 aromatic heterocycles. The van der Waals surface area contributed by atoms with Crippen LogP contribution in [0.4, 0.5) is 4.79 Å². The third-order valence-corrected chi connectivity index (χ3v) is 3.23. The van der Waals surface area contributed by atoms with E-state index in [9.17, 15) is 9.59 Å². The molecule has 2 heterocycles. The van der Waals surface area contributed by atoms with Crippen LogP contribution < -0.4 is 0 Å². The van der Waals surface area contributed by atoms with Gasteiger partial charge in [0.1, 0.15) is 5.60 Å². The third-order valence-electron chi connectivity index (χ3n) is 3.23. The van der Waals surface area contributed by atoms with E-state index in [1.807, 2.05) is 20.8 Å². The molecule has 114 valence electrons. The Bertz CT molecular complexity index is 563. The summed E-state index contributed by atoms with van der Waals surface area (Å²) in [6.07, 6.45) is 2.22. The first-order valence-electron chi connectivity index (χ1n) is 6.95. The van der Waals surface area contributed by atoms with Crippen LogP contribution in [0.5, 0.6) is 0 Å². The molecular weight excluding hydrogens is 272 g/mol. The second kappa shape index (κ2) is 5.71. The van der Waals surface area contributed by atoms with Crippen molar-refractivity contribution in [2.75, 3.05) is 13.1 Å². The summed E-state index contributed by atoms with van der Waals surface area (Å²) in [5.41, 5.74) is 1.40. The number of rotatable bonds is 1. The van der Waals surface area contributed by atoms with Gasteiger partial charge in [0.15, 0.2) is 0 Å². The molecule has 0 fully saturated rings. The van der Waals surface area contributed by atoms with Crippen LogP contribution in [0.25, 0.3) is 0 Å². The fourth-order valence-corrected chi connectivity index (χ4v) is 2.21. The van der Waals surface area contributed by atoms with E-state index in [4.69, 9.17) is 9.84 Å². The molecule has 0 radical (unpaired) electrons. The summed E-state index contributed by atoms with van der Waals surface area (Å²) in [6, 6.07) is 1.64. The smallest absolute Gasteiger partial charge is 0.410 e. The number of pyridine rings is 1. The van der Waals surface area contributed by atoms with Crippen molar-refractivity contribution in [2.24, 2.45) is 0 Å². The molecule has 1 aromatic rings. The maximum Gasteiger partial charge on any atom is 0.410 e. The Morgan fingerprint density at radius 2 is 1.95 bits per heavy atom. The normalized spacial score (nSPS) is 15.1. The first kappa shape index (κ1) is 15.3. The summed E-state index contributed by atoms with van der Waals surface area (Å²) in [5, 5.41) is 9.00. The van der Waals surface area contributed by atoms with E-state index in [0.29, 0.717) is 25.9 Å². The Morgan fingerprint density at radius 1 is 1.29 bits per heavy atom. The monoisotopic (exact) mass is 292 g/mol. The molecule has 0 saturated heterocycles. The molecule has 21 heavy (non-hydrogen) atoms. The summed E-state index contributed by atoms with van der Waals surface area (Å²) in [4.78, 5) is 28.9. The van der Waals surface area contributed by atoms with E-state index in [-0.39, 0.29) is 11.7 Å². The van der Waals surface area contributed by atoms with Gasteiger partial charge in [-0.1, -0.05) is 0 Å². The highest BCUT2D eigenvalue weighted by atomic mass is 16.6. The van der Waals surface area contributed by atoms with Crippen molar-refractivity contribution in [1.82, 2.24) is 9.88 Å². The van der Waals surface area contributed by atoms with E-state index in [1.165, 1.54) is 6.20 Å². The second-order valence-electron chi connectivity index (χ2n) is 6.10. The third kappa shape index (κ3) is 3.93. The van der Waals surface area contributed by atoms with Crippen LogP contribution >= 0.6 is 0 Å². The van der Waals surface area contributed by atoms with Gasteiger partial charge in [-0.15, -0.1) is 0 Å². The fraction of sp³-hybridized carbons (Fsp3) is 0.533. The van der Waals surface area contributed by atoms with Crippen molar-refractivity contribution in [3.63, 3.8) is 0 Å². The molecule has 1 aliphatic rings. The largest absolute Gasteiger partial charge is 0.478 e. The summed E-state index contributed by atoms with van der Waals surface area (Å²) in [5.74, 6) is -0.987. The summed E-state index contributed by atoms with van der Waals surface area (Å²) in [7, 11) is 0. The van der Waals surface area contributed by atoms with Crippen molar-refractivity contribution in [1.29, 1.82) is 0 Å². The average molecular weight is 292 g/mol. The molecule has 6 nitrogen and oxygen atoms in total. The van der Waals surface area contributed by atoms with Crippen LogP contribution in [0, 0.1) is 0 Å². The molecule has 6 heteroatoms. The first-order chi connectivity index (χ1) is 9.76. The molecule has 0 aromatic carbocycles. The van der Waals surface area contributed by atoms with E-state index in [2.05, 4.69) is 4.98 Å². The lowest BCUT2D eigenvalue weighted by Crippen LogP contribution is -2.38. The van der Waals surface area contributed by atoms with Gasteiger partial charge >= 0.3 is 12.1 Å². The van der Waals surface area contributed by atoms with Gasteiger partial charge in [0.25, 0.3) is 0 Å². The molecule has 0 saturated carbocycles. The van der Waals surface area contributed by atoms with Gasteiger partial charge in [-0.05, 0) is 38.8 Å². The number of aromatic carboxylic acids is 1. The Morgan fingerprint density at radius 3 is 2.57 bits per heavy atom. The number of carbonyl (C=O) groups excluding carboxylic acids is 1. The fourth-order valence-electron chi connectivity index (χ4n) is 2.21. The van der Waals surface area contributed by atoms with Gasteiger partial charge in [0.2, 0.25) is 0 Å². The highest BCUT2D eigenvalue weighted by Crippen LogP contribution is 2.17. The zero-order chi connectivity index (χ0) is 15.6. The van der Waals surface area contributed by atoms with E-state index < -0.39 is 11.6 Å². The van der Waals surface area contributed by atoms with Crippen molar-refractivity contribution in [2.45, 2.75) is 39.2 Å². The molecule has 0 atom stereocenters. The van der Waals surface area contributed by atoms with Crippen LogP contribution in [0.1, 0.15) is 42.4 Å². The molecule has 1 aliphatic heterocycles. The Labute approximate surface area is 123 Å². The number of fused-ring (bicyclic) bond motifs is 1. The molecule has 0 aliphatic carbocycles. The lowest BCUT2D eigenvalue weighted by atomic mass is 10.1. The van der Waals surface area contributed by atoms with Crippen LogP contribution in [0.2, 0.25) is 0 Å². The summed E-state index contributed by atoms with van der Waals surface area (Å²) < 4.78 is 5.37. The number of amides is 1. The Balaban J connectivity index is 2.10. The second-order valence-corrected chi connectivity index (χ2v) is 6.10. The number of carboxylic acid groups (broad SMARTS) is 1. The highest BCUT2D eigenvalue weighted by Gasteiger charge is 2.24. The zero-order valence-corrected chi connectivity index (χ0v) is 12.5. The van der Waals surface area contributed by atoms with Crippen molar-refractivity contribution >= 4 is 12.1 Å². The lowest BCUT2D eigenvalue weighted by Gasteiger charge is -2.26. The highest BCUT2D eigenvalue weighted by molar-refractivity contribution is 5.87. The predicted octanol–water partition coefficient (Wildman–Crippen LogP) is 2.12. The predicted molar refractivity (Wildman–Crippen MR) is 76.4 cm³/mol. The maximum atomic E-state index is 12.1. The number of nitrogens with zero attached hydrogens (tertiary/aromatic N) is 2. The first-order valence-corrected chi connectivity index (χ1v) is 6.95. The minimum absolute atomic E-state index is 0.180. The van der Waals surface area contributed by atoms with Crippen LogP contribution in [0.3, 0.4) is 0 Å². The van der Waals surface area contributed by atoms with E-state index in [1.54, 1.807) is 11.0 Å². The molecule has 1 amide bonds. The van der Waals surface area contributed by atoms with Crippen LogP contribution in [-0.2, 0) is 17.6 Å². The summed E-state index contributed by atoms with van der Waals surface area (Å²) in [6.45, 7) is 6.53. The van der Waals surface area contributed by atoms with Crippen molar-refractivity contribution < 1.29 is 19.4 Å². The zero-order valence-electron chi connectivity index (χ0n) is 12.5. The SMILES string of the molecule is CC(C)(C)OC(=O)N1CCc2cc(C(=O)O)cnc2CC1. The average Bonchev–Trinajstić information content (AvgIpc) is 2.58. The number of hydrogen-bond donors (Lipinski definition) is 1. The van der Waals surface area contributed by atoms with Gasteiger partial charge < -0.3 is 14.7 Å². The number of ether oxygens (including phenoxy) is 1. The number of carbonyl (C=O) groups is 2. The minimum atomic E-state index is -0.987. The quantitative estimate of drug-likeness (QED) is 0.857. The number of aromatic nitrogens is 1. The Kier molecular flexibility index (Phi) is 4.16. The number of carboxylic acids is 1. The molecule has 0 spiro atoms. The van der Waals surface area contributed by atoms with Crippen molar-refractivity contribution in [3.8, 4) is 0 Å². The standard InChI is InChI=1S/C15H20N2O4/c1-15(2,3)21-14(20)17-6-4-10-8-11(13(18)19)9-16-12(10)5-7-17/h8-9H,4-7H2,1-3H3,(H,18,19). The van der Waals surface area contributed by atoms with E-state index in [0.717, 1.165) is 11.3 Å². The molecule has 1 N–H and O–H groups in total. The van der Waals surface area contributed by atoms with Crippen LogP contribution in [0.15, 0.2) is 12.3 Å². The molecule has 0 unspecified atom stereocenters. The molecule has 2 rings (SSSR count). The maximum absolute atomic E-state index is 12.1. The van der Waals surface area contributed by atoms with Gasteiger partial charge in [-0.2, -0.15) is 0 Å². The lowest BCUT2D eigenvalue weighted by molar-refractivity contribution is 0.0258. The van der Waals surface area contributed by atoms with Gasteiger partial charge in [0, 0.05) is 31.4 Å². The Hall–Kier alpha value is -2.11. The van der Waals surface area contributed by atoms with Gasteiger partial charge in [-0.3, -0.25) is 4.98 Å². The van der Waals surface area contributed by atoms with Gasteiger partial charge in [0.05, 0.1) is 5.56 Å². The van der Waals surface area contributed by atoms with Gasteiger partial charge in [-0.25, -0.2) is 9.59 Å². The molecule has 0 bridgehead atoms. The molecular formula is C15H20N2O4. The minimum Gasteiger partial charge on any atom is -0.478 e. The topological polar surface area (TPSA) is 79.7 Å². The summed E-state index contributed by atoms with van der Waals surface area (Å²) >= 11 is 0. The van der Waals surface area contributed by atoms with Crippen LogP contribution in [-0.4, -0.2) is 45.7 Å². The number of hydrogen-bond acceptors (Lipinski definition) is 4. The van der Waals surface area contributed by atoms with E-state index >= 15 is 0 Å².